The molecule has 3 aromatic heterocycles. The fraction of sp³-hybridized carbons (Fsp3) is 0.306. The van der Waals surface area contributed by atoms with Crippen molar-refractivity contribution in [2.24, 2.45) is 5.41 Å². The van der Waals surface area contributed by atoms with Gasteiger partial charge in [-0.05, 0) is 74.2 Å². The van der Waals surface area contributed by atoms with Crippen LogP contribution in [-0.4, -0.2) is 37.9 Å². The van der Waals surface area contributed by atoms with Crippen LogP contribution >= 0.6 is 11.8 Å². The highest BCUT2D eigenvalue weighted by molar-refractivity contribution is 8.00. The summed E-state index contributed by atoms with van der Waals surface area (Å²) >= 11 is 1.79. The third-order valence-electron chi connectivity index (χ3n) is 7.73. The summed E-state index contributed by atoms with van der Waals surface area (Å²) in [5.41, 5.74) is 5.27. The molecule has 0 spiro atoms. The second kappa shape index (κ2) is 13.1. The average Bonchev–Trinajstić information content (AvgIpc) is 3.34. The highest BCUT2D eigenvalue weighted by Gasteiger charge is 2.31. The molecule has 0 amide bonds. The lowest BCUT2D eigenvalue weighted by Gasteiger charge is -2.26. The van der Waals surface area contributed by atoms with Gasteiger partial charge >= 0.3 is 5.97 Å². The predicted molar refractivity (Wildman–Crippen MR) is 176 cm³/mol. The summed E-state index contributed by atoms with van der Waals surface area (Å²) in [5, 5.41) is 10.9. The number of hydrogen-bond donors (Lipinski definition) is 2. The molecule has 3 heterocycles. The van der Waals surface area contributed by atoms with E-state index < -0.39 is 11.4 Å². The summed E-state index contributed by atoms with van der Waals surface area (Å²) in [6.07, 6.45) is 5.83. The van der Waals surface area contributed by atoms with E-state index in [1.165, 1.54) is 5.56 Å². The lowest BCUT2D eigenvalue weighted by molar-refractivity contribution is -0.146. The zero-order valence-corrected chi connectivity index (χ0v) is 26.7. The Hall–Kier alpha value is -4.30. The van der Waals surface area contributed by atoms with E-state index in [1.807, 2.05) is 48.7 Å². The summed E-state index contributed by atoms with van der Waals surface area (Å²) in [5.74, 6) is 0.529. The monoisotopic (exact) mass is 609 g/mol. The molecule has 8 heteroatoms. The lowest BCUT2D eigenvalue weighted by Crippen LogP contribution is -2.26. The van der Waals surface area contributed by atoms with Crippen molar-refractivity contribution in [3.63, 3.8) is 0 Å². The van der Waals surface area contributed by atoms with Crippen LogP contribution in [-0.2, 0) is 24.2 Å². The average molecular weight is 610 g/mol. The molecule has 5 aromatic rings. The van der Waals surface area contributed by atoms with Gasteiger partial charge in [0.2, 0.25) is 5.88 Å². The number of nitrogens with zero attached hydrogens (tertiary/aromatic N) is 2. The van der Waals surface area contributed by atoms with Gasteiger partial charge in [-0.25, -0.2) is 4.98 Å². The van der Waals surface area contributed by atoms with E-state index >= 15 is 0 Å². The van der Waals surface area contributed by atoms with Crippen LogP contribution in [0.25, 0.3) is 22.0 Å². The Balaban J connectivity index is 1.35. The maximum absolute atomic E-state index is 12.1. The summed E-state index contributed by atoms with van der Waals surface area (Å²) < 4.78 is 11.2. The van der Waals surface area contributed by atoms with Crippen molar-refractivity contribution in [3.05, 3.63) is 102 Å². The number of carbonyl (C=O) groups is 1. The first-order valence-corrected chi connectivity index (χ1v) is 15.5. The van der Waals surface area contributed by atoms with Crippen LogP contribution in [0.4, 0.5) is 0 Å². The molecule has 0 aliphatic rings. The number of thioether (sulfide) groups is 1. The van der Waals surface area contributed by atoms with E-state index in [0.717, 1.165) is 56.9 Å². The van der Waals surface area contributed by atoms with Crippen molar-refractivity contribution in [1.29, 1.82) is 0 Å². The Bertz CT molecular complexity index is 1710. The van der Waals surface area contributed by atoms with E-state index in [1.54, 1.807) is 38.9 Å². The van der Waals surface area contributed by atoms with Crippen molar-refractivity contribution >= 4 is 28.6 Å². The SMILES string of the molecule is COc1ccc(-c2ccc(CCC(C)(C)Sc3c(CC(C)(C)C(=O)O)[nH]c4ccc(OCc5ccccn5)cc34)cc2)cn1. The van der Waals surface area contributed by atoms with Crippen molar-refractivity contribution in [3.8, 4) is 22.8 Å². The minimum absolute atomic E-state index is 0.124. The number of fused-ring (bicyclic) bond motifs is 1. The number of benzene rings is 2. The molecule has 44 heavy (non-hydrogen) atoms. The minimum Gasteiger partial charge on any atom is -0.487 e. The molecule has 5 rings (SSSR count). The van der Waals surface area contributed by atoms with E-state index in [9.17, 15) is 9.90 Å². The Morgan fingerprint density at radius 1 is 0.955 bits per heavy atom. The molecule has 7 nitrogen and oxygen atoms in total. The maximum atomic E-state index is 12.1. The van der Waals surface area contributed by atoms with E-state index in [4.69, 9.17) is 9.47 Å². The van der Waals surface area contributed by atoms with Crippen molar-refractivity contribution in [2.45, 2.75) is 63.2 Å². The van der Waals surface area contributed by atoms with Gasteiger partial charge in [0.25, 0.3) is 0 Å². The molecule has 0 aliphatic heterocycles. The number of carboxylic acid groups (broad SMARTS) is 1. The second-order valence-electron chi connectivity index (χ2n) is 12.3. The predicted octanol–water partition coefficient (Wildman–Crippen LogP) is 8.37. The van der Waals surface area contributed by atoms with Crippen LogP contribution in [0, 0.1) is 5.41 Å². The van der Waals surface area contributed by atoms with Crippen LogP contribution in [0.2, 0.25) is 0 Å². The largest absolute Gasteiger partial charge is 0.487 e. The quantitative estimate of drug-likeness (QED) is 0.129. The fourth-order valence-corrected chi connectivity index (χ4v) is 6.28. The normalized spacial score (nSPS) is 11.9. The van der Waals surface area contributed by atoms with Gasteiger partial charge in [-0.1, -0.05) is 44.2 Å². The molecule has 0 atom stereocenters. The van der Waals surface area contributed by atoms with Crippen LogP contribution < -0.4 is 9.47 Å². The molecule has 2 aromatic carbocycles. The molecule has 0 radical (unpaired) electrons. The number of pyridine rings is 2. The molecule has 0 aliphatic carbocycles. The molecule has 0 unspecified atom stereocenters. The summed E-state index contributed by atoms with van der Waals surface area (Å²) in [4.78, 5) is 25.3. The Kier molecular flexibility index (Phi) is 9.30. The van der Waals surface area contributed by atoms with Gasteiger partial charge in [0.05, 0.1) is 18.2 Å². The van der Waals surface area contributed by atoms with Crippen LogP contribution in [0.1, 0.15) is 51.1 Å². The Morgan fingerprint density at radius 3 is 2.39 bits per heavy atom. The van der Waals surface area contributed by atoms with E-state index in [-0.39, 0.29) is 4.75 Å². The van der Waals surface area contributed by atoms with Crippen molar-refractivity contribution < 1.29 is 19.4 Å². The third kappa shape index (κ3) is 7.61. The molecule has 0 saturated carbocycles. The molecular formula is C36H39N3O4S. The third-order valence-corrected chi connectivity index (χ3v) is 9.16. The first-order valence-electron chi connectivity index (χ1n) is 14.7. The van der Waals surface area contributed by atoms with Crippen LogP contribution in [0.5, 0.6) is 11.6 Å². The van der Waals surface area contributed by atoms with E-state index in [0.29, 0.717) is 18.9 Å². The number of nitrogens with one attached hydrogen (secondary N) is 1. The summed E-state index contributed by atoms with van der Waals surface area (Å²) in [6.45, 7) is 8.42. The van der Waals surface area contributed by atoms with Gasteiger partial charge in [0.15, 0.2) is 0 Å². The fourth-order valence-electron chi connectivity index (χ4n) is 5.00. The van der Waals surface area contributed by atoms with Gasteiger partial charge < -0.3 is 19.6 Å². The first kappa shape index (κ1) is 31.1. The lowest BCUT2D eigenvalue weighted by atomic mass is 9.88. The smallest absolute Gasteiger partial charge is 0.309 e. The van der Waals surface area contributed by atoms with E-state index in [2.05, 4.69) is 59.1 Å². The van der Waals surface area contributed by atoms with Gasteiger partial charge in [0, 0.05) is 56.7 Å². The van der Waals surface area contributed by atoms with Crippen LogP contribution in [0.15, 0.2) is 90.1 Å². The number of aromatic nitrogens is 3. The molecule has 0 saturated heterocycles. The molecule has 228 valence electrons. The highest BCUT2D eigenvalue weighted by Crippen LogP contribution is 2.44. The number of aromatic amines is 1. The van der Waals surface area contributed by atoms with Gasteiger partial charge in [-0.2, -0.15) is 0 Å². The van der Waals surface area contributed by atoms with Gasteiger partial charge in [-0.15, -0.1) is 11.8 Å². The molecule has 2 N–H and O–H groups in total. The number of rotatable bonds is 13. The number of carboxylic acids is 1. The molecule has 0 fully saturated rings. The number of H-pyrrole nitrogens is 1. The zero-order chi connectivity index (χ0) is 31.3. The molecular weight excluding hydrogens is 570 g/mol. The topological polar surface area (TPSA) is 97.3 Å². The minimum atomic E-state index is -0.917. The second-order valence-corrected chi connectivity index (χ2v) is 14.0. The van der Waals surface area contributed by atoms with Crippen molar-refractivity contribution in [1.82, 2.24) is 15.0 Å². The Morgan fingerprint density at radius 2 is 1.73 bits per heavy atom. The zero-order valence-electron chi connectivity index (χ0n) is 25.9. The summed E-state index contributed by atoms with van der Waals surface area (Å²) in [6, 6.07) is 24.3. The Labute approximate surface area is 263 Å². The number of aliphatic carboxylic acids is 1. The van der Waals surface area contributed by atoms with Gasteiger partial charge in [0.1, 0.15) is 12.4 Å². The maximum Gasteiger partial charge on any atom is 0.309 e. The number of hydrogen-bond acceptors (Lipinski definition) is 6. The first-order chi connectivity index (χ1) is 21.0. The standard InChI is InChI=1S/C36H39N3O4S/c1-35(2,34(40)41)21-31-33(29-20-28(14-15-30(29)39-31)43-23-27-8-6-7-19-37-27)44-36(3,4)18-17-24-9-11-25(12-10-24)26-13-16-32(42-5)38-22-26/h6-16,19-20,22,39H,17-18,21,23H2,1-5H3,(H,40,41). The van der Waals surface area contributed by atoms with Gasteiger partial charge in [-0.3, -0.25) is 9.78 Å². The highest BCUT2D eigenvalue weighted by atomic mass is 32.2. The summed E-state index contributed by atoms with van der Waals surface area (Å²) in [7, 11) is 1.61. The number of ether oxygens (including phenoxy) is 2. The molecule has 0 bridgehead atoms. The number of methoxy groups -OCH3 is 1. The number of aryl methyl sites for hydroxylation is 1. The van der Waals surface area contributed by atoms with Crippen molar-refractivity contribution in [2.75, 3.05) is 7.11 Å². The van der Waals surface area contributed by atoms with Crippen LogP contribution in [0.3, 0.4) is 0 Å².